The van der Waals surface area contributed by atoms with Crippen molar-refractivity contribution >= 4 is 8.32 Å². The van der Waals surface area contributed by atoms with Crippen molar-refractivity contribution in [2.75, 3.05) is 0 Å². The maximum atomic E-state index is 14.6. The summed E-state index contributed by atoms with van der Waals surface area (Å²) in [6.45, 7) is 1.89. The molecule has 0 N–H and O–H groups in total. The van der Waals surface area contributed by atoms with Crippen LogP contribution >= 0.6 is 0 Å². The molecule has 40 heavy (non-hydrogen) atoms. The standard InChI is InChI=1S/C17H15F21OSi/c1-7(5-4-6-40(2,3)39-7)8(18,19)9(20,21)10(22,23)11(24,25)12(26,27)13(28,29)14(30,31)15(32,33)16(34,35)17(36,37)38/h4-6H2,1-3H3. The van der Waals surface area contributed by atoms with Gasteiger partial charge in [0.25, 0.3) is 0 Å². The first kappa shape index (κ1) is 36.7. The molecule has 1 unspecified atom stereocenters. The second-order valence-electron chi connectivity index (χ2n) is 9.61. The van der Waals surface area contributed by atoms with E-state index >= 15 is 0 Å². The summed E-state index contributed by atoms with van der Waals surface area (Å²) in [5, 5.41) is 0. The molecule has 1 nitrogen and oxygen atoms in total. The van der Waals surface area contributed by atoms with Crippen LogP contribution in [0.5, 0.6) is 0 Å². The fourth-order valence-electron chi connectivity index (χ4n) is 3.67. The van der Waals surface area contributed by atoms with E-state index in [0.717, 1.165) is 13.1 Å². The minimum Gasteiger partial charge on any atom is -0.406 e. The van der Waals surface area contributed by atoms with E-state index in [4.69, 9.17) is 0 Å². The first-order valence-corrected chi connectivity index (χ1v) is 13.2. The second kappa shape index (κ2) is 9.10. The Bertz CT molecular complexity index is 951. The lowest BCUT2D eigenvalue weighted by molar-refractivity contribution is -0.477. The highest BCUT2D eigenvalue weighted by Crippen LogP contribution is 2.67. The molecule has 1 saturated heterocycles. The van der Waals surface area contributed by atoms with Gasteiger partial charge in [-0.3, -0.25) is 0 Å². The molecular formula is C17H15F21OSi. The molecule has 0 amide bonds. The smallest absolute Gasteiger partial charge is 0.406 e. The lowest BCUT2D eigenvalue weighted by Gasteiger charge is -2.50. The highest BCUT2D eigenvalue weighted by Gasteiger charge is 2.98. The fourth-order valence-corrected chi connectivity index (χ4v) is 6.25. The van der Waals surface area contributed by atoms with Crippen molar-refractivity contribution in [3.63, 3.8) is 0 Å². The van der Waals surface area contributed by atoms with E-state index in [2.05, 4.69) is 4.43 Å². The average Bonchev–Trinajstić information content (AvgIpc) is 2.70. The van der Waals surface area contributed by atoms with Crippen molar-refractivity contribution in [2.24, 2.45) is 0 Å². The summed E-state index contributed by atoms with van der Waals surface area (Å²) in [7, 11) is -3.52. The number of hydrogen-bond donors (Lipinski definition) is 0. The van der Waals surface area contributed by atoms with Gasteiger partial charge in [0.05, 0.1) is 0 Å². The molecule has 1 fully saturated rings. The average molecular weight is 662 g/mol. The maximum absolute atomic E-state index is 14.6. The molecule has 0 aliphatic carbocycles. The van der Waals surface area contributed by atoms with E-state index in [1.54, 1.807) is 0 Å². The van der Waals surface area contributed by atoms with Crippen LogP contribution in [0.4, 0.5) is 92.2 Å². The van der Waals surface area contributed by atoms with Crippen molar-refractivity contribution in [1.82, 2.24) is 0 Å². The predicted octanol–water partition coefficient (Wildman–Crippen LogP) is 9.04. The Hall–Kier alpha value is -1.29. The molecule has 1 rings (SSSR count). The summed E-state index contributed by atoms with van der Waals surface area (Å²) in [6, 6.07) is -0.146. The van der Waals surface area contributed by atoms with Crippen LogP contribution in [0.2, 0.25) is 19.1 Å². The molecule has 1 heterocycles. The summed E-state index contributed by atoms with van der Waals surface area (Å²) >= 11 is 0. The Morgan fingerprint density at radius 2 is 0.750 bits per heavy atom. The number of halogens is 21. The van der Waals surface area contributed by atoms with Gasteiger partial charge in [-0.25, -0.2) is 0 Å². The molecule has 0 radical (unpaired) electrons. The van der Waals surface area contributed by atoms with Crippen LogP contribution in [0, 0.1) is 0 Å². The summed E-state index contributed by atoms with van der Waals surface area (Å²) in [5.41, 5.74) is -3.94. The highest BCUT2D eigenvalue weighted by molar-refractivity contribution is 6.71. The molecule has 240 valence electrons. The van der Waals surface area contributed by atoms with Gasteiger partial charge in [0.2, 0.25) is 0 Å². The van der Waals surface area contributed by atoms with Crippen molar-refractivity contribution in [3.8, 4) is 0 Å². The van der Waals surface area contributed by atoms with E-state index in [1.807, 2.05) is 0 Å². The van der Waals surface area contributed by atoms with Gasteiger partial charge in [-0.05, 0) is 32.5 Å². The van der Waals surface area contributed by atoms with Gasteiger partial charge >= 0.3 is 59.5 Å². The van der Waals surface area contributed by atoms with Crippen LogP contribution in [0.3, 0.4) is 0 Å². The summed E-state index contributed by atoms with van der Waals surface area (Å²) in [6.07, 6.45) is -9.96. The minimum atomic E-state index is -9.17. The molecule has 0 saturated carbocycles. The molecule has 23 heteroatoms. The normalized spacial score (nSPS) is 23.4. The van der Waals surface area contributed by atoms with Gasteiger partial charge in [-0.2, -0.15) is 92.2 Å². The third kappa shape index (κ3) is 4.44. The zero-order chi connectivity index (χ0) is 32.8. The number of alkyl halides is 21. The van der Waals surface area contributed by atoms with Crippen LogP contribution in [0.15, 0.2) is 0 Å². The Kier molecular flexibility index (Phi) is 8.36. The number of rotatable bonds is 9. The molecule has 0 spiro atoms. The first-order valence-electron chi connectivity index (χ1n) is 10.1. The van der Waals surface area contributed by atoms with E-state index in [0.29, 0.717) is 0 Å². The Labute approximate surface area is 210 Å². The molecule has 1 aliphatic rings. The van der Waals surface area contributed by atoms with Crippen molar-refractivity contribution in [2.45, 2.75) is 104 Å². The van der Waals surface area contributed by atoms with Crippen LogP contribution in [0.25, 0.3) is 0 Å². The third-order valence-corrected chi connectivity index (χ3v) is 8.67. The summed E-state index contributed by atoms with van der Waals surface area (Å²) in [5.74, 6) is -77.0. The summed E-state index contributed by atoms with van der Waals surface area (Å²) in [4.78, 5) is 0. The zero-order valence-electron chi connectivity index (χ0n) is 19.5. The van der Waals surface area contributed by atoms with Gasteiger partial charge in [0.15, 0.2) is 8.32 Å². The highest BCUT2D eigenvalue weighted by atomic mass is 28.4. The van der Waals surface area contributed by atoms with Gasteiger partial charge < -0.3 is 4.43 Å². The molecule has 0 aromatic heterocycles. The fraction of sp³-hybridized carbons (Fsp3) is 1.00. The van der Waals surface area contributed by atoms with Crippen LogP contribution < -0.4 is 0 Å². The molecule has 0 aromatic carbocycles. The Balaban J connectivity index is 3.81. The summed E-state index contributed by atoms with van der Waals surface area (Å²) < 4.78 is 289. The largest absolute Gasteiger partial charge is 0.460 e. The van der Waals surface area contributed by atoms with E-state index < -0.39 is 86.2 Å². The molecule has 0 bridgehead atoms. The monoisotopic (exact) mass is 662 g/mol. The molecule has 1 atom stereocenters. The number of hydrogen-bond acceptors (Lipinski definition) is 1. The SMILES string of the molecule is CC1(C(F)(F)C(F)(F)C(F)(F)C(F)(F)C(F)(F)C(F)(F)C(F)(F)C(F)(F)C(F)(F)C(F)(F)F)CCC[Si](C)(C)O1. The Morgan fingerprint density at radius 1 is 0.475 bits per heavy atom. The van der Waals surface area contributed by atoms with Crippen LogP contribution in [-0.4, -0.2) is 73.4 Å². The molecule has 0 aromatic rings. The third-order valence-electron chi connectivity index (χ3n) is 6.11. The van der Waals surface area contributed by atoms with Crippen molar-refractivity contribution in [3.05, 3.63) is 0 Å². The van der Waals surface area contributed by atoms with E-state index in [9.17, 15) is 92.2 Å². The lowest BCUT2D eigenvalue weighted by atomic mass is 9.81. The van der Waals surface area contributed by atoms with Crippen LogP contribution in [-0.2, 0) is 4.43 Å². The zero-order valence-corrected chi connectivity index (χ0v) is 20.5. The molecular weight excluding hydrogens is 647 g/mol. The van der Waals surface area contributed by atoms with Crippen LogP contribution in [0.1, 0.15) is 19.8 Å². The molecule has 1 aliphatic heterocycles. The Morgan fingerprint density at radius 3 is 1.02 bits per heavy atom. The lowest BCUT2D eigenvalue weighted by Crippen LogP contribution is -2.78. The van der Waals surface area contributed by atoms with E-state index in [1.165, 1.54) is 0 Å². The van der Waals surface area contributed by atoms with Gasteiger partial charge in [0.1, 0.15) is 5.60 Å². The van der Waals surface area contributed by atoms with E-state index in [-0.39, 0.29) is 13.0 Å². The minimum absolute atomic E-state index is 0.107. The topological polar surface area (TPSA) is 9.23 Å². The van der Waals surface area contributed by atoms with Crippen molar-refractivity contribution < 1.29 is 96.6 Å². The quantitative estimate of drug-likeness (QED) is 0.177. The first-order chi connectivity index (χ1) is 16.9. The van der Waals surface area contributed by atoms with Gasteiger partial charge in [-0.1, -0.05) is 6.42 Å². The predicted molar refractivity (Wildman–Crippen MR) is 91.6 cm³/mol. The second-order valence-corrected chi connectivity index (χ2v) is 13.8. The maximum Gasteiger partial charge on any atom is 0.460 e. The van der Waals surface area contributed by atoms with Crippen molar-refractivity contribution in [1.29, 1.82) is 0 Å². The van der Waals surface area contributed by atoms with Gasteiger partial charge in [0, 0.05) is 0 Å². The van der Waals surface area contributed by atoms with Gasteiger partial charge in [-0.15, -0.1) is 0 Å².